The summed E-state index contributed by atoms with van der Waals surface area (Å²) < 4.78 is 0.982. The smallest absolute Gasteiger partial charge is 0.141 e. The van der Waals surface area contributed by atoms with E-state index in [9.17, 15) is 0 Å². The highest BCUT2D eigenvalue weighted by molar-refractivity contribution is 9.10. The van der Waals surface area contributed by atoms with Crippen LogP contribution in [0.1, 0.15) is 17.2 Å². The summed E-state index contributed by atoms with van der Waals surface area (Å²) in [5.41, 5.74) is 2.30. The molecule has 0 aliphatic rings. The molecule has 0 saturated carbocycles. The van der Waals surface area contributed by atoms with Crippen LogP contribution in [0.3, 0.4) is 0 Å². The van der Waals surface area contributed by atoms with Gasteiger partial charge in [-0.1, -0.05) is 30.3 Å². The third-order valence-corrected chi connectivity index (χ3v) is 4.06. The van der Waals surface area contributed by atoms with E-state index < -0.39 is 0 Å². The van der Waals surface area contributed by atoms with Crippen LogP contribution >= 0.6 is 27.5 Å². The minimum Gasteiger partial charge on any atom is -0.361 e. The normalized spacial score (nSPS) is 12.2. The largest absolute Gasteiger partial charge is 0.361 e. The molecule has 0 aliphatic heterocycles. The van der Waals surface area contributed by atoms with Crippen LogP contribution in [0.15, 0.2) is 47.1 Å². The lowest BCUT2D eigenvalue weighted by Gasteiger charge is -2.18. The lowest BCUT2D eigenvalue weighted by atomic mass is 10.1. The predicted molar refractivity (Wildman–Crippen MR) is 80.2 cm³/mol. The molecule has 0 radical (unpaired) electrons. The molecule has 0 amide bonds. The first kappa shape index (κ1) is 13.4. The fraction of sp³-hybridized carbons (Fsp3) is 0.214. The van der Waals surface area contributed by atoms with Crippen LogP contribution in [0.2, 0.25) is 0 Å². The van der Waals surface area contributed by atoms with Gasteiger partial charge in [0, 0.05) is 12.1 Å². The fourth-order valence-corrected chi connectivity index (χ4v) is 2.31. The van der Waals surface area contributed by atoms with Gasteiger partial charge in [0.15, 0.2) is 0 Å². The number of alkyl halides is 1. The monoisotopic (exact) mass is 324 g/mol. The van der Waals surface area contributed by atoms with Gasteiger partial charge in [0.05, 0.1) is 10.5 Å². The molecule has 4 heteroatoms. The summed E-state index contributed by atoms with van der Waals surface area (Å²) in [7, 11) is 0. The number of anilines is 1. The lowest BCUT2D eigenvalue weighted by Crippen LogP contribution is -2.13. The Balaban J connectivity index is 2.24. The summed E-state index contributed by atoms with van der Waals surface area (Å²) >= 11 is 9.58. The van der Waals surface area contributed by atoms with Gasteiger partial charge in [0.25, 0.3) is 0 Å². The number of nitrogens with one attached hydrogen (secondary N) is 1. The first-order valence-electron chi connectivity index (χ1n) is 5.71. The van der Waals surface area contributed by atoms with Crippen molar-refractivity contribution in [3.8, 4) is 0 Å². The topological polar surface area (TPSA) is 24.9 Å². The van der Waals surface area contributed by atoms with Crippen molar-refractivity contribution in [1.29, 1.82) is 0 Å². The van der Waals surface area contributed by atoms with Crippen molar-refractivity contribution >= 4 is 33.3 Å². The van der Waals surface area contributed by atoms with E-state index >= 15 is 0 Å². The third kappa shape index (κ3) is 3.03. The number of halogens is 2. The number of benzene rings is 1. The van der Waals surface area contributed by atoms with Crippen LogP contribution in [0.25, 0.3) is 0 Å². The Morgan fingerprint density at radius 3 is 2.67 bits per heavy atom. The molecule has 1 N–H and O–H groups in total. The minimum atomic E-state index is 0.0541. The minimum absolute atomic E-state index is 0.0541. The van der Waals surface area contributed by atoms with Gasteiger partial charge in [0.1, 0.15) is 5.82 Å². The zero-order chi connectivity index (χ0) is 13.0. The van der Waals surface area contributed by atoms with E-state index in [1.54, 1.807) is 6.20 Å². The zero-order valence-corrected chi connectivity index (χ0v) is 12.4. The SMILES string of the molecule is Cc1ccnc(NC(CCl)c2ccccc2)c1Br. The number of aryl methyl sites for hydroxylation is 1. The van der Waals surface area contributed by atoms with Gasteiger partial charge < -0.3 is 5.32 Å². The molecule has 1 heterocycles. The zero-order valence-electron chi connectivity index (χ0n) is 10.0. The number of rotatable bonds is 4. The van der Waals surface area contributed by atoms with Crippen LogP contribution in [-0.4, -0.2) is 10.9 Å². The second kappa shape index (κ2) is 6.21. The molecule has 1 aromatic carbocycles. The summed E-state index contributed by atoms with van der Waals surface area (Å²) in [5, 5.41) is 3.36. The van der Waals surface area contributed by atoms with Crippen molar-refractivity contribution in [2.75, 3.05) is 11.2 Å². The Hall–Kier alpha value is -1.06. The van der Waals surface area contributed by atoms with Gasteiger partial charge in [-0.25, -0.2) is 4.98 Å². The Morgan fingerprint density at radius 1 is 1.28 bits per heavy atom. The molecule has 0 aliphatic carbocycles. The molecule has 0 fully saturated rings. The number of nitrogens with zero attached hydrogens (tertiary/aromatic N) is 1. The van der Waals surface area contributed by atoms with Crippen molar-refractivity contribution in [3.63, 3.8) is 0 Å². The maximum atomic E-state index is 6.04. The lowest BCUT2D eigenvalue weighted by molar-refractivity contribution is 0.880. The van der Waals surface area contributed by atoms with Crippen molar-refractivity contribution in [1.82, 2.24) is 4.98 Å². The van der Waals surface area contributed by atoms with Gasteiger partial charge in [-0.3, -0.25) is 0 Å². The van der Waals surface area contributed by atoms with E-state index in [4.69, 9.17) is 11.6 Å². The second-order valence-corrected chi connectivity index (χ2v) is 5.15. The van der Waals surface area contributed by atoms with Gasteiger partial charge in [0.2, 0.25) is 0 Å². The highest BCUT2D eigenvalue weighted by atomic mass is 79.9. The standard InChI is InChI=1S/C14H14BrClN2/c1-10-7-8-17-14(13(10)15)18-12(9-16)11-5-3-2-4-6-11/h2-8,12H,9H2,1H3,(H,17,18). The van der Waals surface area contributed by atoms with Crippen LogP contribution in [0, 0.1) is 6.92 Å². The van der Waals surface area contributed by atoms with Gasteiger partial charge in [-0.2, -0.15) is 0 Å². The Bertz CT molecular complexity index is 516. The number of aromatic nitrogens is 1. The maximum Gasteiger partial charge on any atom is 0.141 e. The van der Waals surface area contributed by atoms with Crippen LogP contribution in [0.5, 0.6) is 0 Å². The van der Waals surface area contributed by atoms with Gasteiger partial charge >= 0.3 is 0 Å². The summed E-state index contributed by atoms with van der Waals surface area (Å²) in [6.07, 6.45) is 1.79. The summed E-state index contributed by atoms with van der Waals surface area (Å²) in [6, 6.07) is 12.2. The van der Waals surface area contributed by atoms with Crippen molar-refractivity contribution < 1.29 is 0 Å². The summed E-state index contributed by atoms with van der Waals surface area (Å²) in [5.74, 6) is 1.32. The average molecular weight is 326 g/mol. The van der Waals surface area contributed by atoms with Gasteiger partial charge in [-0.05, 0) is 40.0 Å². The van der Waals surface area contributed by atoms with E-state index in [0.29, 0.717) is 5.88 Å². The molecular formula is C14H14BrClN2. The highest BCUT2D eigenvalue weighted by Gasteiger charge is 2.12. The number of hydrogen-bond acceptors (Lipinski definition) is 2. The van der Waals surface area contributed by atoms with E-state index in [1.165, 1.54) is 0 Å². The molecule has 18 heavy (non-hydrogen) atoms. The molecule has 2 aromatic rings. The van der Waals surface area contributed by atoms with E-state index in [2.05, 4.69) is 38.4 Å². The van der Waals surface area contributed by atoms with E-state index in [1.807, 2.05) is 31.2 Å². The molecule has 0 spiro atoms. The molecule has 1 unspecified atom stereocenters. The Labute approximate surface area is 121 Å². The van der Waals surface area contributed by atoms with Crippen molar-refractivity contribution in [3.05, 3.63) is 58.2 Å². The summed E-state index contributed by atoms with van der Waals surface area (Å²) in [4.78, 5) is 4.34. The summed E-state index contributed by atoms with van der Waals surface area (Å²) in [6.45, 7) is 2.04. The first-order chi connectivity index (χ1) is 8.72. The van der Waals surface area contributed by atoms with Crippen LogP contribution < -0.4 is 5.32 Å². The maximum absolute atomic E-state index is 6.04. The molecule has 0 saturated heterocycles. The van der Waals surface area contributed by atoms with E-state index in [0.717, 1.165) is 21.4 Å². The number of hydrogen-bond donors (Lipinski definition) is 1. The number of pyridine rings is 1. The molecule has 0 bridgehead atoms. The first-order valence-corrected chi connectivity index (χ1v) is 7.03. The molecule has 2 nitrogen and oxygen atoms in total. The average Bonchev–Trinajstić information content (AvgIpc) is 2.41. The van der Waals surface area contributed by atoms with Crippen LogP contribution in [-0.2, 0) is 0 Å². The molecule has 2 rings (SSSR count). The molecular weight excluding hydrogens is 312 g/mol. The Morgan fingerprint density at radius 2 is 2.00 bits per heavy atom. The highest BCUT2D eigenvalue weighted by Crippen LogP contribution is 2.27. The van der Waals surface area contributed by atoms with Crippen molar-refractivity contribution in [2.45, 2.75) is 13.0 Å². The fourth-order valence-electron chi connectivity index (χ4n) is 1.70. The predicted octanol–water partition coefficient (Wildman–Crippen LogP) is 4.54. The second-order valence-electron chi connectivity index (χ2n) is 4.05. The van der Waals surface area contributed by atoms with E-state index in [-0.39, 0.29) is 6.04 Å². The molecule has 94 valence electrons. The quantitative estimate of drug-likeness (QED) is 0.835. The Kier molecular flexibility index (Phi) is 4.61. The molecule has 1 atom stereocenters. The third-order valence-electron chi connectivity index (χ3n) is 2.75. The molecule has 1 aromatic heterocycles. The van der Waals surface area contributed by atoms with Crippen molar-refractivity contribution in [2.24, 2.45) is 0 Å². The van der Waals surface area contributed by atoms with Gasteiger partial charge in [-0.15, -0.1) is 11.6 Å². The van der Waals surface area contributed by atoms with Crippen LogP contribution in [0.4, 0.5) is 5.82 Å².